The Morgan fingerprint density at radius 3 is 2.73 bits per heavy atom. The van der Waals surface area contributed by atoms with Crippen LogP contribution in [0.25, 0.3) is 0 Å². The molecule has 0 radical (unpaired) electrons. The topological polar surface area (TPSA) is 29.4 Å². The van der Waals surface area contributed by atoms with Gasteiger partial charge in [-0.25, -0.2) is 0 Å². The molecule has 0 bridgehead atoms. The normalized spacial score (nSPS) is 33.6. The number of hydrogen-bond donors (Lipinski definition) is 0. The molecule has 0 heterocycles. The van der Waals surface area contributed by atoms with E-state index in [4.69, 9.17) is 0 Å². The van der Waals surface area contributed by atoms with Gasteiger partial charge in [0.15, 0.2) is 0 Å². The van der Waals surface area contributed by atoms with E-state index in [1.54, 1.807) is 0 Å². The van der Waals surface area contributed by atoms with Crippen molar-refractivity contribution in [3.8, 4) is 0 Å². The van der Waals surface area contributed by atoms with Crippen molar-refractivity contribution in [3.63, 3.8) is 0 Å². The minimum Gasteiger partial charge on any atom is -0.151 e. The molecule has 2 heteroatoms. The van der Waals surface area contributed by atoms with Gasteiger partial charge in [0.1, 0.15) is 0 Å². The molecule has 1 atom stereocenters. The second-order valence-corrected chi connectivity index (χ2v) is 4.12. The van der Waals surface area contributed by atoms with Crippen LogP contribution in [-0.2, 0) is 0 Å². The van der Waals surface area contributed by atoms with Crippen molar-refractivity contribution in [3.05, 3.63) is 4.91 Å². The lowest BCUT2D eigenvalue weighted by Gasteiger charge is -2.29. The van der Waals surface area contributed by atoms with Gasteiger partial charge in [-0.15, -0.1) is 0 Å². The van der Waals surface area contributed by atoms with Gasteiger partial charge in [-0.2, -0.15) is 4.91 Å². The smallest absolute Gasteiger partial charge is 0.0844 e. The zero-order valence-electron chi connectivity index (χ0n) is 6.88. The predicted octanol–water partition coefficient (Wildman–Crippen LogP) is 2.72. The van der Waals surface area contributed by atoms with Crippen LogP contribution < -0.4 is 0 Å². The van der Waals surface area contributed by atoms with Gasteiger partial charge >= 0.3 is 0 Å². The molecule has 2 fully saturated rings. The maximum atomic E-state index is 10.1. The first-order valence-electron chi connectivity index (χ1n) is 4.66. The Labute approximate surface area is 67.3 Å². The maximum Gasteiger partial charge on any atom is 0.0844 e. The molecule has 0 N–H and O–H groups in total. The van der Waals surface area contributed by atoms with E-state index < -0.39 is 0 Å². The van der Waals surface area contributed by atoms with Gasteiger partial charge in [0.2, 0.25) is 0 Å². The maximum absolute atomic E-state index is 10.1. The molecule has 1 unspecified atom stereocenters. The molecular weight excluding hydrogens is 138 g/mol. The Bertz CT molecular complexity index is 163. The van der Waals surface area contributed by atoms with Crippen LogP contribution in [0.15, 0.2) is 5.18 Å². The molecule has 2 rings (SSSR count). The summed E-state index contributed by atoms with van der Waals surface area (Å²) in [5, 5.41) is 3.04. The van der Waals surface area contributed by atoms with Gasteiger partial charge < -0.3 is 0 Å². The summed E-state index contributed by atoms with van der Waals surface area (Å²) >= 11 is 0. The summed E-state index contributed by atoms with van der Waals surface area (Å²) < 4.78 is 0. The molecule has 1 spiro atoms. The third kappa shape index (κ3) is 1.19. The van der Waals surface area contributed by atoms with E-state index in [1.807, 2.05) is 0 Å². The molecule has 0 aliphatic heterocycles. The van der Waals surface area contributed by atoms with Gasteiger partial charge in [-0.3, -0.25) is 0 Å². The molecular formula is C9H15NO. The highest BCUT2D eigenvalue weighted by Gasteiger charge is 2.49. The van der Waals surface area contributed by atoms with E-state index in [0.29, 0.717) is 17.9 Å². The number of hydrogen-bond acceptors (Lipinski definition) is 2. The minimum atomic E-state index is 0.583. The molecule has 2 aliphatic carbocycles. The van der Waals surface area contributed by atoms with Crippen molar-refractivity contribution in [1.82, 2.24) is 0 Å². The standard InChI is InChI=1S/C9H15NO/c11-10-7-8-3-1-2-4-9(8)5-6-9/h8H,1-7H2. The summed E-state index contributed by atoms with van der Waals surface area (Å²) in [7, 11) is 0. The summed E-state index contributed by atoms with van der Waals surface area (Å²) in [6, 6.07) is 0. The van der Waals surface area contributed by atoms with Crippen molar-refractivity contribution >= 4 is 0 Å². The van der Waals surface area contributed by atoms with E-state index in [-0.39, 0.29) is 0 Å². The second kappa shape index (κ2) is 2.58. The Kier molecular flexibility index (Phi) is 1.70. The fourth-order valence-electron chi connectivity index (χ4n) is 2.57. The molecule has 62 valence electrons. The first-order chi connectivity index (χ1) is 5.37. The number of nitroso groups, excluding NO2 is 1. The fraction of sp³-hybridized carbons (Fsp3) is 1.00. The van der Waals surface area contributed by atoms with Gasteiger partial charge in [0.05, 0.1) is 6.54 Å². The minimum absolute atomic E-state index is 0.583. The van der Waals surface area contributed by atoms with Crippen LogP contribution in [0.2, 0.25) is 0 Å². The largest absolute Gasteiger partial charge is 0.151 e. The molecule has 0 amide bonds. The lowest BCUT2D eigenvalue weighted by molar-refractivity contribution is 0.220. The van der Waals surface area contributed by atoms with Crippen molar-refractivity contribution in [2.45, 2.75) is 38.5 Å². The molecule has 2 aliphatic rings. The summed E-state index contributed by atoms with van der Waals surface area (Å²) in [5.41, 5.74) is 0.603. The van der Waals surface area contributed by atoms with E-state index in [2.05, 4.69) is 5.18 Å². The van der Waals surface area contributed by atoms with Crippen LogP contribution in [-0.4, -0.2) is 6.54 Å². The summed E-state index contributed by atoms with van der Waals surface area (Å²) in [6.45, 7) is 0.583. The van der Waals surface area contributed by atoms with Crippen LogP contribution in [0, 0.1) is 16.2 Å². The first-order valence-corrected chi connectivity index (χ1v) is 4.66. The van der Waals surface area contributed by atoms with E-state index in [9.17, 15) is 4.91 Å². The van der Waals surface area contributed by atoms with E-state index in [0.717, 1.165) is 0 Å². The van der Waals surface area contributed by atoms with E-state index in [1.165, 1.54) is 38.5 Å². The summed E-state index contributed by atoms with van der Waals surface area (Å²) in [4.78, 5) is 10.1. The molecule has 2 nitrogen and oxygen atoms in total. The van der Waals surface area contributed by atoms with E-state index >= 15 is 0 Å². The molecule has 0 saturated heterocycles. The van der Waals surface area contributed by atoms with Gasteiger partial charge in [0, 0.05) is 0 Å². The van der Waals surface area contributed by atoms with Crippen molar-refractivity contribution in [2.75, 3.05) is 6.54 Å². The average molecular weight is 153 g/mol. The third-order valence-corrected chi connectivity index (χ3v) is 3.53. The van der Waals surface area contributed by atoms with Crippen molar-refractivity contribution < 1.29 is 0 Å². The Hall–Kier alpha value is -0.400. The molecule has 0 aromatic heterocycles. The predicted molar refractivity (Wildman–Crippen MR) is 44.3 cm³/mol. The Morgan fingerprint density at radius 2 is 2.09 bits per heavy atom. The Morgan fingerprint density at radius 1 is 1.27 bits per heavy atom. The van der Waals surface area contributed by atoms with Crippen molar-refractivity contribution in [2.24, 2.45) is 16.5 Å². The molecule has 0 aromatic carbocycles. The summed E-state index contributed by atoms with van der Waals surface area (Å²) in [5.74, 6) is 0.647. The van der Waals surface area contributed by atoms with Crippen LogP contribution >= 0.6 is 0 Å². The molecule has 2 saturated carbocycles. The highest BCUT2D eigenvalue weighted by atomic mass is 16.3. The van der Waals surface area contributed by atoms with Crippen LogP contribution in [0.3, 0.4) is 0 Å². The third-order valence-electron chi connectivity index (χ3n) is 3.53. The van der Waals surface area contributed by atoms with Gasteiger partial charge in [-0.1, -0.05) is 18.0 Å². The van der Waals surface area contributed by atoms with Crippen LogP contribution in [0.5, 0.6) is 0 Å². The monoisotopic (exact) mass is 153 g/mol. The average Bonchev–Trinajstić information content (AvgIpc) is 2.77. The van der Waals surface area contributed by atoms with Crippen LogP contribution in [0.4, 0.5) is 0 Å². The number of nitrogens with zero attached hydrogens (tertiary/aromatic N) is 1. The quantitative estimate of drug-likeness (QED) is 0.561. The first kappa shape index (κ1) is 7.26. The lowest BCUT2D eigenvalue weighted by atomic mass is 9.76. The van der Waals surface area contributed by atoms with Crippen LogP contribution in [0.1, 0.15) is 38.5 Å². The second-order valence-electron chi connectivity index (χ2n) is 4.12. The molecule has 11 heavy (non-hydrogen) atoms. The van der Waals surface area contributed by atoms with Gasteiger partial charge in [0.25, 0.3) is 0 Å². The fourth-order valence-corrected chi connectivity index (χ4v) is 2.57. The number of rotatable bonds is 2. The van der Waals surface area contributed by atoms with Crippen molar-refractivity contribution in [1.29, 1.82) is 0 Å². The molecule has 0 aromatic rings. The van der Waals surface area contributed by atoms with Gasteiger partial charge in [-0.05, 0) is 37.0 Å². The summed E-state index contributed by atoms with van der Waals surface area (Å²) in [6.07, 6.45) is 8.07. The highest BCUT2D eigenvalue weighted by Crippen LogP contribution is 2.59. The zero-order valence-corrected chi connectivity index (χ0v) is 6.88. The lowest BCUT2D eigenvalue weighted by Crippen LogP contribution is -2.22. The Balaban J connectivity index is 1.98. The highest BCUT2D eigenvalue weighted by molar-refractivity contribution is 5.00. The zero-order chi connectivity index (χ0) is 7.73. The SMILES string of the molecule is O=NCC1CCCCC12CC2.